The van der Waals surface area contributed by atoms with Gasteiger partial charge in [-0.05, 0) is 45.0 Å². The van der Waals surface area contributed by atoms with Gasteiger partial charge in [0.2, 0.25) is 0 Å². The number of aryl methyl sites for hydroxylation is 1. The first-order chi connectivity index (χ1) is 15.3. The summed E-state index contributed by atoms with van der Waals surface area (Å²) >= 11 is 0. The molecule has 4 aromatic rings. The molecule has 0 radical (unpaired) electrons. The molecule has 2 heterocycles. The van der Waals surface area contributed by atoms with Crippen LogP contribution in [0.5, 0.6) is 0 Å². The lowest BCUT2D eigenvalue weighted by molar-refractivity contribution is -0.0644. The van der Waals surface area contributed by atoms with Crippen molar-refractivity contribution in [2.75, 3.05) is 25.6 Å². The van der Waals surface area contributed by atoms with Gasteiger partial charge in [0.1, 0.15) is 0 Å². The van der Waals surface area contributed by atoms with Crippen LogP contribution in [0.4, 0.5) is 5.69 Å². The second-order valence-electron chi connectivity index (χ2n) is 8.76. The minimum Gasteiger partial charge on any atom is -0.393 e. The average Bonchev–Trinajstić information content (AvgIpc) is 3.41. The number of hydrogen-bond acceptors (Lipinski definition) is 5. The van der Waals surface area contributed by atoms with Crippen LogP contribution < -0.4 is 4.90 Å². The van der Waals surface area contributed by atoms with E-state index in [9.17, 15) is 5.11 Å². The molecule has 2 aromatic carbocycles. The van der Waals surface area contributed by atoms with Crippen LogP contribution in [0.2, 0.25) is 0 Å². The molecule has 0 fully saturated rings. The third-order valence-electron chi connectivity index (χ3n) is 5.58. The van der Waals surface area contributed by atoms with E-state index in [0.717, 1.165) is 45.8 Å². The number of anilines is 1. The molecule has 0 aliphatic heterocycles. The molecule has 4 rings (SSSR count). The summed E-state index contributed by atoms with van der Waals surface area (Å²) in [6.07, 6.45) is 1.90. The van der Waals surface area contributed by atoms with Crippen LogP contribution in [0, 0.1) is 0 Å². The lowest BCUT2D eigenvalue weighted by Crippen LogP contribution is -2.28. The molecule has 0 unspecified atom stereocenters. The largest absolute Gasteiger partial charge is 0.393 e. The number of para-hydroxylation sites is 2. The second-order valence-corrected chi connectivity index (χ2v) is 8.76. The third kappa shape index (κ3) is 4.26. The molecule has 168 valence electrons. The van der Waals surface area contributed by atoms with Gasteiger partial charge in [-0.1, -0.05) is 24.3 Å². The monoisotopic (exact) mass is 433 g/mol. The molecule has 0 atom stereocenters. The molecule has 0 spiro atoms. The summed E-state index contributed by atoms with van der Waals surface area (Å²) in [5, 5.41) is 20.1. The molecule has 2 aromatic heterocycles. The first kappa shape index (κ1) is 22.0. The van der Waals surface area contributed by atoms with E-state index in [-0.39, 0.29) is 6.61 Å². The average molecular weight is 434 g/mol. The van der Waals surface area contributed by atoms with E-state index in [1.165, 1.54) is 0 Å². The van der Waals surface area contributed by atoms with Crippen molar-refractivity contribution < 1.29 is 9.84 Å². The summed E-state index contributed by atoms with van der Waals surface area (Å²) in [4.78, 5) is 2.08. The number of aromatic nitrogens is 4. The fourth-order valence-corrected chi connectivity index (χ4v) is 3.71. The first-order valence-corrected chi connectivity index (χ1v) is 10.9. The first-order valence-electron chi connectivity index (χ1n) is 10.9. The van der Waals surface area contributed by atoms with Crippen molar-refractivity contribution in [3.63, 3.8) is 0 Å². The number of fused-ring (bicyclic) bond motifs is 1. The number of nitrogens with zero attached hydrogens (tertiary/aromatic N) is 5. The van der Waals surface area contributed by atoms with Gasteiger partial charge in [0.05, 0.1) is 53.3 Å². The Bertz CT molecular complexity index is 1220. The van der Waals surface area contributed by atoms with Crippen LogP contribution in [-0.4, -0.2) is 51.0 Å². The topological polar surface area (TPSA) is 68.3 Å². The number of rotatable bonds is 8. The molecule has 7 nitrogen and oxygen atoms in total. The summed E-state index contributed by atoms with van der Waals surface area (Å²) in [6.45, 7) is 6.90. The predicted octanol–water partition coefficient (Wildman–Crippen LogP) is 4.26. The zero-order chi connectivity index (χ0) is 22.9. The Morgan fingerprint density at radius 3 is 2.59 bits per heavy atom. The van der Waals surface area contributed by atoms with Gasteiger partial charge in [-0.25, -0.2) is 4.68 Å². The molecule has 0 aliphatic rings. The maximum atomic E-state index is 9.55. The van der Waals surface area contributed by atoms with Crippen LogP contribution >= 0.6 is 0 Å². The smallest absolute Gasteiger partial charge is 0.0915 e. The standard InChI is InChI=1S/C25H31N5O2/c1-6-29-23-13-18(11-12-19(23)15-26-29)24-14-20(16-32-25(2,3)17-31)27-30(24)22-10-8-7-9-21(22)28(4)5/h7-15,31H,6,16-17H2,1-5H3. The fraction of sp³-hybridized carbons (Fsp3) is 0.360. The maximum absolute atomic E-state index is 9.55. The number of benzene rings is 2. The van der Waals surface area contributed by atoms with Gasteiger partial charge in [-0.2, -0.15) is 10.2 Å². The highest BCUT2D eigenvalue weighted by molar-refractivity contribution is 5.84. The number of ether oxygens (including phenoxy) is 1. The van der Waals surface area contributed by atoms with Crippen molar-refractivity contribution >= 4 is 16.6 Å². The lowest BCUT2D eigenvalue weighted by Gasteiger charge is -2.21. The summed E-state index contributed by atoms with van der Waals surface area (Å²) in [7, 11) is 4.06. The van der Waals surface area contributed by atoms with Crippen LogP contribution in [0.1, 0.15) is 26.5 Å². The Morgan fingerprint density at radius 1 is 1.09 bits per heavy atom. The van der Waals surface area contributed by atoms with Crippen molar-refractivity contribution in [1.29, 1.82) is 0 Å². The van der Waals surface area contributed by atoms with E-state index in [1.807, 2.05) is 55.6 Å². The van der Waals surface area contributed by atoms with Crippen molar-refractivity contribution in [1.82, 2.24) is 19.6 Å². The summed E-state index contributed by atoms with van der Waals surface area (Å²) in [6, 6.07) is 16.6. The molecule has 0 bridgehead atoms. The molecule has 0 amide bonds. The lowest BCUT2D eigenvalue weighted by atomic mass is 10.1. The highest BCUT2D eigenvalue weighted by atomic mass is 16.5. The van der Waals surface area contributed by atoms with E-state index >= 15 is 0 Å². The van der Waals surface area contributed by atoms with Crippen LogP contribution in [0.15, 0.2) is 54.7 Å². The fourth-order valence-electron chi connectivity index (χ4n) is 3.71. The summed E-state index contributed by atoms with van der Waals surface area (Å²) < 4.78 is 9.91. The molecule has 0 saturated carbocycles. The van der Waals surface area contributed by atoms with Crippen LogP contribution in [0.25, 0.3) is 27.8 Å². The van der Waals surface area contributed by atoms with Crippen molar-refractivity contribution in [3.8, 4) is 16.9 Å². The highest BCUT2D eigenvalue weighted by Gasteiger charge is 2.20. The Labute approximate surface area is 188 Å². The molecule has 0 saturated heterocycles. The van der Waals surface area contributed by atoms with Gasteiger partial charge in [0.15, 0.2) is 0 Å². The van der Waals surface area contributed by atoms with E-state index in [0.29, 0.717) is 6.61 Å². The van der Waals surface area contributed by atoms with Crippen LogP contribution in [-0.2, 0) is 17.9 Å². The minimum absolute atomic E-state index is 0.0539. The second kappa shape index (κ2) is 8.76. The SMILES string of the molecule is CCn1ncc2ccc(-c3cc(COC(C)(C)CO)nn3-c3ccccc3N(C)C)cc21. The van der Waals surface area contributed by atoms with Gasteiger partial charge < -0.3 is 14.7 Å². The third-order valence-corrected chi connectivity index (χ3v) is 5.58. The highest BCUT2D eigenvalue weighted by Crippen LogP contribution is 2.31. The van der Waals surface area contributed by atoms with Crippen molar-refractivity contribution in [2.45, 2.75) is 39.5 Å². The number of aliphatic hydroxyl groups excluding tert-OH is 1. The number of aliphatic hydroxyl groups is 1. The summed E-state index contributed by atoms with van der Waals surface area (Å²) in [5.74, 6) is 0. The Hall–Kier alpha value is -3.16. The zero-order valence-corrected chi connectivity index (χ0v) is 19.4. The van der Waals surface area contributed by atoms with Gasteiger partial charge >= 0.3 is 0 Å². The van der Waals surface area contributed by atoms with E-state index in [4.69, 9.17) is 9.84 Å². The predicted molar refractivity (Wildman–Crippen MR) is 128 cm³/mol. The van der Waals surface area contributed by atoms with Gasteiger partial charge in [-0.15, -0.1) is 0 Å². The van der Waals surface area contributed by atoms with Gasteiger partial charge in [-0.3, -0.25) is 4.68 Å². The molecular formula is C25H31N5O2. The van der Waals surface area contributed by atoms with E-state index in [2.05, 4.69) is 53.3 Å². The molecule has 32 heavy (non-hydrogen) atoms. The zero-order valence-electron chi connectivity index (χ0n) is 19.4. The maximum Gasteiger partial charge on any atom is 0.0915 e. The molecule has 7 heteroatoms. The molecule has 0 aliphatic carbocycles. The van der Waals surface area contributed by atoms with Gasteiger partial charge in [0.25, 0.3) is 0 Å². The van der Waals surface area contributed by atoms with E-state index in [1.54, 1.807) is 0 Å². The summed E-state index contributed by atoms with van der Waals surface area (Å²) in [5.41, 5.74) is 5.37. The molecule has 1 N–H and O–H groups in total. The van der Waals surface area contributed by atoms with E-state index < -0.39 is 5.60 Å². The number of hydrogen-bond donors (Lipinski definition) is 1. The van der Waals surface area contributed by atoms with Crippen LogP contribution in [0.3, 0.4) is 0 Å². The molecular weight excluding hydrogens is 402 g/mol. The Morgan fingerprint density at radius 2 is 1.88 bits per heavy atom. The Kier molecular flexibility index (Phi) is 6.04. The van der Waals surface area contributed by atoms with Crippen molar-refractivity contribution in [2.24, 2.45) is 0 Å². The quantitative estimate of drug-likeness (QED) is 0.450. The van der Waals surface area contributed by atoms with Crippen molar-refractivity contribution in [3.05, 3.63) is 60.4 Å². The normalized spacial score (nSPS) is 11.9. The Balaban J connectivity index is 1.85. The minimum atomic E-state index is -0.627. The van der Waals surface area contributed by atoms with Gasteiger partial charge in [0, 0.05) is 31.6 Å².